The standard InChI is InChI=1S/C26H30F2N4S.C6H4ClF/c1-5-14-33-19(3)26-30-16-22(23(29-4)12-9-13-25(27)28)24-15-21(17-32(24)26)31-18(2)20-10-7-6-8-11-20;7-5-2-1-3-6(8)4-5/h5-12,14,21,25,31H,2-3,13,15-17H2,1,4H3;1-4H/b12-9-,14-5-,29-23?;. The van der Waals surface area contributed by atoms with Crippen molar-refractivity contribution in [3.05, 3.63) is 124 Å². The lowest BCUT2D eigenvalue weighted by atomic mass is 10.0. The topological polar surface area (TPSA) is 40.0 Å². The SMILES string of the molecule is C=C(S/C=C\C)C1=NCC(C(/C=C\CC(F)F)=NC)=C2CC(NC(=C)c3ccccc3)CN12.Fc1cccc(Cl)c1. The first-order valence-electron chi connectivity index (χ1n) is 13.1. The van der Waals surface area contributed by atoms with Gasteiger partial charge in [0.15, 0.2) is 0 Å². The average molecular weight is 599 g/mol. The summed E-state index contributed by atoms with van der Waals surface area (Å²) in [5.41, 5.74) is 4.66. The first-order valence-corrected chi connectivity index (χ1v) is 14.3. The number of allylic oxidation sites excluding steroid dienone is 3. The summed E-state index contributed by atoms with van der Waals surface area (Å²) in [5, 5.41) is 5.98. The molecule has 1 atom stereocenters. The van der Waals surface area contributed by atoms with Crippen molar-refractivity contribution in [1.82, 2.24) is 10.2 Å². The van der Waals surface area contributed by atoms with Gasteiger partial charge in [-0.2, -0.15) is 0 Å². The molecule has 1 unspecified atom stereocenters. The maximum Gasteiger partial charge on any atom is 0.242 e. The monoisotopic (exact) mass is 598 g/mol. The van der Waals surface area contributed by atoms with Crippen molar-refractivity contribution in [3.8, 4) is 0 Å². The van der Waals surface area contributed by atoms with E-state index in [1.165, 1.54) is 18.2 Å². The van der Waals surface area contributed by atoms with E-state index in [2.05, 4.69) is 28.4 Å². The number of thioether (sulfide) groups is 1. The Balaban J connectivity index is 0.000000496. The van der Waals surface area contributed by atoms with E-state index >= 15 is 0 Å². The van der Waals surface area contributed by atoms with Crippen molar-refractivity contribution in [2.24, 2.45) is 9.98 Å². The lowest BCUT2D eigenvalue weighted by Gasteiger charge is -2.29. The van der Waals surface area contributed by atoms with Crippen molar-refractivity contribution in [1.29, 1.82) is 0 Å². The quantitative estimate of drug-likeness (QED) is 0.279. The number of hydrogen-bond donors (Lipinski definition) is 1. The van der Waals surface area contributed by atoms with Gasteiger partial charge >= 0.3 is 0 Å². The summed E-state index contributed by atoms with van der Waals surface area (Å²) in [7, 11) is 1.68. The molecule has 0 aromatic heterocycles. The fraction of sp³-hybridized carbons (Fsp3) is 0.250. The molecule has 0 amide bonds. The van der Waals surface area contributed by atoms with E-state index in [1.807, 2.05) is 48.7 Å². The van der Waals surface area contributed by atoms with E-state index in [1.54, 1.807) is 37.0 Å². The number of amidine groups is 1. The van der Waals surface area contributed by atoms with Gasteiger partial charge in [0.25, 0.3) is 0 Å². The van der Waals surface area contributed by atoms with Crippen LogP contribution in [0.2, 0.25) is 5.02 Å². The minimum absolute atomic E-state index is 0.119. The molecule has 0 bridgehead atoms. The summed E-state index contributed by atoms with van der Waals surface area (Å²) in [6.07, 6.45) is 3.21. The lowest BCUT2D eigenvalue weighted by molar-refractivity contribution is 0.152. The van der Waals surface area contributed by atoms with Crippen molar-refractivity contribution in [2.45, 2.75) is 32.2 Å². The highest BCUT2D eigenvalue weighted by atomic mass is 35.5. The molecule has 2 aromatic rings. The molecule has 4 nitrogen and oxygen atoms in total. The Hall–Kier alpha value is -3.49. The van der Waals surface area contributed by atoms with Gasteiger partial charge in [0.05, 0.1) is 12.3 Å². The molecule has 4 rings (SSSR count). The summed E-state index contributed by atoms with van der Waals surface area (Å²) in [6.45, 7) is 11.5. The van der Waals surface area contributed by atoms with Crippen molar-refractivity contribution >= 4 is 40.6 Å². The lowest BCUT2D eigenvalue weighted by Crippen LogP contribution is -2.36. The second kappa shape index (κ2) is 16.1. The Morgan fingerprint density at radius 3 is 2.59 bits per heavy atom. The summed E-state index contributed by atoms with van der Waals surface area (Å²) < 4.78 is 37.4. The minimum Gasteiger partial charge on any atom is -0.380 e. The zero-order valence-corrected chi connectivity index (χ0v) is 24.7. The smallest absolute Gasteiger partial charge is 0.242 e. The molecule has 0 aliphatic carbocycles. The van der Waals surface area contributed by atoms with E-state index in [9.17, 15) is 13.2 Å². The summed E-state index contributed by atoms with van der Waals surface area (Å²) in [5.74, 6) is 0.552. The third kappa shape index (κ3) is 9.54. The maximum absolute atomic E-state index is 12.6. The van der Waals surface area contributed by atoms with Crippen LogP contribution in [-0.2, 0) is 0 Å². The highest BCUT2D eigenvalue weighted by molar-refractivity contribution is 8.06. The molecule has 2 aliphatic heterocycles. The number of nitrogens with zero attached hydrogens (tertiary/aromatic N) is 3. The van der Waals surface area contributed by atoms with Crippen LogP contribution in [0, 0.1) is 5.82 Å². The van der Waals surface area contributed by atoms with Crippen molar-refractivity contribution in [3.63, 3.8) is 0 Å². The molecule has 41 heavy (non-hydrogen) atoms. The first kappa shape index (κ1) is 32.0. The van der Waals surface area contributed by atoms with Crippen LogP contribution in [0.15, 0.2) is 118 Å². The minimum atomic E-state index is -2.37. The van der Waals surface area contributed by atoms with Gasteiger partial charge in [0.2, 0.25) is 6.43 Å². The summed E-state index contributed by atoms with van der Waals surface area (Å²) in [4.78, 5) is 12.2. The molecule has 2 heterocycles. The highest BCUT2D eigenvalue weighted by Gasteiger charge is 2.36. The van der Waals surface area contributed by atoms with Gasteiger partial charge in [-0.3, -0.25) is 9.98 Å². The number of halogens is 4. The Morgan fingerprint density at radius 1 is 1.22 bits per heavy atom. The molecule has 0 spiro atoms. The van der Waals surface area contributed by atoms with Crippen LogP contribution in [0.3, 0.4) is 0 Å². The second-order valence-corrected chi connectivity index (χ2v) is 10.6. The summed E-state index contributed by atoms with van der Waals surface area (Å²) >= 11 is 6.95. The molecule has 1 N–H and O–H groups in total. The van der Waals surface area contributed by atoms with Gasteiger partial charge in [0.1, 0.15) is 11.7 Å². The number of hydrogen-bond acceptors (Lipinski definition) is 5. The second-order valence-electron chi connectivity index (χ2n) is 9.15. The molecule has 2 aromatic carbocycles. The van der Waals surface area contributed by atoms with E-state index in [4.69, 9.17) is 16.6 Å². The number of nitrogens with one attached hydrogen (secondary N) is 1. The van der Waals surface area contributed by atoms with Gasteiger partial charge in [-0.25, -0.2) is 13.2 Å². The molecule has 1 fully saturated rings. The predicted molar refractivity (Wildman–Crippen MR) is 169 cm³/mol. The zero-order chi connectivity index (χ0) is 29.8. The van der Waals surface area contributed by atoms with E-state index in [0.717, 1.165) is 39.7 Å². The zero-order valence-electron chi connectivity index (χ0n) is 23.2. The van der Waals surface area contributed by atoms with Gasteiger partial charge < -0.3 is 10.2 Å². The van der Waals surface area contributed by atoms with Gasteiger partial charge in [-0.15, -0.1) is 0 Å². The highest BCUT2D eigenvalue weighted by Crippen LogP contribution is 2.34. The van der Waals surface area contributed by atoms with Gasteiger partial charge in [0, 0.05) is 59.4 Å². The van der Waals surface area contributed by atoms with Crippen LogP contribution in [0.1, 0.15) is 25.3 Å². The molecule has 216 valence electrons. The predicted octanol–water partition coefficient (Wildman–Crippen LogP) is 8.53. The van der Waals surface area contributed by atoms with Crippen LogP contribution in [0.5, 0.6) is 0 Å². The molecule has 9 heteroatoms. The van der Waals surface area contributed by atoms with Gasteiger partial charge in [-0.1, -0.05) is 85.1 Å². The Bertz CT molecular complexity index is 1350. The first-order chi connectivity index (χ1) is 19.7. The molecule has 2 aliphatic rings. The number of alkyl halides is 2. The third-order valence-corrected chi connectivity index (χ3v) is 7.29. The Labute approximate surface area is 249 Å². The van der Waals surface area contributed by atoms with Crippen LogP contribution >= 0.6 is 23.4 Å². The fourth-order valence-electron chi connectivity index (χ4n) is 4.36. The molecular weight excluding hydrogens is 565 g/mol. The van der Waals surface area contributed by atoms with E-state index in [-0.39, 0.29) is 18.3 Å². The molecule has 1 saturated heterocycles. The maximum atomic E-state index is 12.6. The van der Waals surface area contributed by atoms with Crippen LogP contribution in [0.25, 0.3) is 5.70 Å². The average Bonchev–Trinajstić information content (AvgIpc) is 3.38. The number of fused-ring (bicyclic) bond motifs is 1. The molecule has 0 radical (unpaired) electrons. The number of rotatable bonds is 10. The number of benzene rings is 2. The van der Waals surface area contributed by atoms with E-state index < -0.39 is 6.43 Å². The normalized spacial score (nSPS) is 17.0. The summed E-state index contributed by atoms with van der Waals surface area (Å²) in [6, 6.07) is 16.0. The van der Waals surface area contributed by atoms with Crippen LogP contribution < -0.4 is 5.32 Å². The van der Waals surface area contributed by atoms with Gasteiger partial charge in [-0.05, 0) is 42.2 Å². The van der Waals surface area contributed by atoms with Crippen molar-refractivity contribution in [2.75, 3.05) is 20.1 Å². The number of aliphatic imine (C=N–C) groups is 2. The Kier molecular flexibility index (Phi) is 12.6. The van der Waals surface area contributed by atoms with Crippen molar-refractivity contribution < 1.29 is 13.2 Å². The fourth-order valence-corrected chi connectivity index (χ4v) is 5.12. The molecular formula is C32H34ClF3N4S. The largest absolute Gasteiger partial charge is 0.380 e. The van der Waals surface area contributed by atoms with Crippen LogP contribution in [0.4, 0.5) is 13.2 Å². The third-order valence-electron chi connectivity index (χ3n) is 6.18. The van der Waals surface area contributed by atoms with E-state index in [0.29, 0.717) is 23.8 Å². The Morgan fingerprint density at radius 2 is 1.98 bits per heavy atom. The van der Waals surface area contributed by atoms with Crippen LogP contribution in [-0.4, -0.2) is 49.1 Å². The molecule has 0 saturated carbocycles.